The van der Waals surface area contributed by atoms with E-state index in [-0.39, 0.29) is 0 Å². The van der Waals surface area contributed by atoms with E-state index in [1.165, 1.54) is 70.6 Å². The molecule has 0 saturated heterocycles. The lowest BCUT2D eigenvalue weighted by molar-refractivity contribution is -0.176. The lowest BCUT2D eigenvalue weighted by Gasteiger charge is -2.49. The van der Waals surface area contributed by atoms with Gasteiger partial charge in [0.15, 0.2) is 0 Å². The fourth-order valence-electron chi connectivity index (χ4n) is 4.53. The molecule has 2 aliphatic rings. The highest BCUT2D eigenvalue weighted by Gasteiger charge is 2.46. The van der Waals surface area contributed by atoms with Crippen molar-refractivity contribution < 1.29 is 10.5 Å². The fourth-order valence-corrected chi connectivity index (χ4v) is 4.53. The molecule has 0 aromatic heterocycles. The predicted octanol–water partition coefficient (Wildman–Crippen LogP) is 5.97. The molecule has 2 fully saturated rings. The average molecular weight is 270 g/mol. The molecule has 0 aromatic rings. The highest BCUT2D eigenvalue weighted by atomic mass is 17.0. The van der Waals surface area contributed by atoms with Crippen LogP contribution in [0, 0.1) is 16.7 Å². The highest BCUT2D eigenvalue weighted by molar-refractivity contribution is 4.96. The Morgan fingerprint density at radius 3 is 1.74 bits per heavy atom. The first-order chi connectivity index (χ1) is 9.06. The van der Waals surface area contributed by atoms with Crippen LogP contribution in [0.15, 0.2) is 0 Å². The zero-order valence-electron chi connectivity index (χ0n) is 13.2. The Bertz CT molecular complexity index is 242. The van der Waals surface area contributed by atoms with Gasteiger partial charge in [-0.15, -0.1) is 0 Å². The summed E-state index contributed by atoms with van der Waals surface area (Å²) in [5.74, 6) is 1.01. The lowest BCUT2D eigenvalue weighted by Crippen LogP contribution is -2.40. The molecule has 0 heterocycles. The average Bonchev–Trinajstić information content (AvgIpc) is 2.74. The van der Waals surface area contributed by atoms with E-state index < -0.39 is 0 Å². The van der Waals surface area contributed by atoms with Gasteiger partial charge in [-0.25, -0.2) is 0 Å². The van der Waals surface area contributed by atoms with Gasteiger partial charge in [0.05, 0.1) is 0 Å². The van der Waals surface area contributed by atoms with Gasteiger partial charge in [0.1, 0.15) is 0 Å². The van der Waals surface area contributed by atoms with Crippen LogP contribution in [0.3, 0.4) is 0 Å². The van der Waals surface area contributed by atoms with Gasteiger partial charge in [0.2, 0.25) is 0 Å². The molecule has 0 radical (unpaired) electrons. The minimum atomic E-state index is 0.568. The van der Waals surface area contributed by atoms with Gasteiger partial charge < -0.3 is 0 Å². The Hall–Kier alpha value is -0.0800. The van der Waals surface area contributed by atoms with Crippen molar-refractivity contribution in [2.45, 2.75) is 91.4 Å². The molecule has 0 aliphatic heterocycles. The lowest BCUT2D eigenvalue weighted by atomic mass is 9.56. The summed E-state index contributed by atoms with van der Waals surface area (Å²) in [5, 5.41) is 12.0. The van der Waals surface area contributed by atoms with Crippen LogP contribution in [-0.4, -0.2) is 10.5 Å². The largest absolute Gasteiger partial charge is 0.255 e. The molecule has 2 heteroatoms. The minimum absolute atomic E-state index is 0.568. The van der Waals surface area contributed by atoms with Crippen LogP contribution < -0.4 is 0 Å². The smallest absolute Gasteiger partial charge is 0.0246 e. The number of rotatable bonds is 1. The van der Waals surface area contributed by atoms with E-state index >= 15 is 0 Å². The molecule has 0 spiro atoms. The Balaban J connectivity index is 0.000000861. The number of hydrogen-bond acceptors (Lipinski definition) is 2. The second kappa shape index (κ2) is 7.64. The Morgan fingerprint density at radius 1 is 0.684 bits per heavy atom. The third-order valence-electron chi connectivity index (χ3n) is 6.30. The predicted molar refractivity (Wildman–Crippen MR) is 81.4 cm³/mol. The van der Waals surface area contributed by atoms with Crippen molar-refractivity contribution in [3.05, 3.63) is 0 Å². The van der Waals surface area contributed by atoms with Gasteiger partial charge in [0.25, 0.3) is 0 Å². The van der Waals surface area contributed by atoms with E-state index in [1.807, 2.05) is 0 Å². The molecule has 114 valence electrons. The summed E-state index contributed by atoms with van der Waals surface area (Å²) in [7, 11) is 0. The molecule has 2 aliphatic carbocycles. The molecule has 1 atom stereocenters. The van der Waals surface area contributed by atoms with Crippen LogP contribution in [0.1, 0.15) is 91.4 Å². The first kappa shape index (κ1) is 17.0. The SMILES string of the molecule is CC1(C)CCCCCC1(C)C1CCCCCC1.OO. The topological polar surface area (TPSA) is 40.5 Å². The standard InChI is InChI=1S/C17H32.H2O2/c1-16(2)13-9-6-10-14-17(16,3)15-11-7-4-5-8-12-15;1-2/h15H,4-14H2,1-3H3;1-2H. The summed E-state index contributed by atoms with van der Waals surface area (Å²) in [6, 6.07) is 0. The molecule has 2 rings (SSSR count). The van der Waals surface area contributed by atoms with Gasteiger partial charge in [-0.05, 0) is 42.4 Å². The van der Waals surface area contributed by atoms with Gasteiger partial charge in [-0.2, -0.15) is 0 Å². The highest BCUT2D eigenvalue weighted by Crippen LogP contribution is 2.56. The molecule has 2 N–H and O–H groups in total. The van der Waals surface area contributed by atoms with Crippen LogP contribution in [0.5, 0.6) is 0 Å². The zero-order valence-corrected chi connectivity index (χ0v) is 13.2. The Labute approximate surface area is 119 Å². The van der Waals surface area contributed by atoms with Gasteiger partial charge in [0, 0.05) is 0 Å². The fraction of sp³-hybridized carbons (Fsp3) is 1.00. The van der Waals surface area contributed by atoms with Crippen molar-refractivity contribution in [2.24, 2.45) is 16.7 Å². The van der Waals surface area contributed by atoms with Crippen molar-refractivity contribution in [3.63, 3.8) is 0 Å². The summed E-state index contributed by atoms with van der Waals surface area (Å²) in [6.45, 7) is 7.75. The first-order valence-corrected chi connectivity index (χ1v) is 8.26. The van der Waals surface area contributed by atoms with Crippen molar-refractivity contribution in [3.8, 4) is 0 Å². The summed E-state index contributed by atoms with van der Waals surface area (Å²) in [4.78, 5) is 0. The molecular formula is C17H34O2. The van der Waals surface area contributed by atoms with E-state index in [4.69, 9.17) is 10.5 Å². The van der Waals surface area contributed by atoms with Crippen molar-refractivity contribution >= 4 is 0 Å². The molecule has 2 nitrogen and oxygen atoms in total. The van der Waals surface area contributed by atoms with Crippen molar-refractivity contribution in [1.82, 2.24) is 0 Å². The van der Waals surface area contributed by atoms with Gasteiger partial charge in [-0.1, -0.05) is 65.7 Å². The second-order valence-corrected chi connectivity index (χ2v) is 7.55. The van der Waals surface area contributed by atoms with Crippen LogP contribution in [0.2, 0.25) is 0 Å². The van der Waals surface area contributed by atoms with Crippen LogP contribution in [0.4, 0.5) is 0 Å². The van der Waals surface area contributed by atoms with Crippen molar-refractivity contribution in [1.29, 1.82) is 0 Å². The number of hydrogen-bond donors (Lipinski definition) is 2. The van der Waals surface area contributed by atoms with E-state index in [0.717, 1.165) is 5.92 Å². The maximum absolute atomic E-state index is 6.00. The monoisotopic (exact) mass is 270 g/mol. The van der Waals surface area contributed by atoms with E-state index in [9.17, 15) is 0 Å². The summed E-state index contributed by atoms with van der Waals surface area (Å²) >= 11 is 0. The van der Waals surface area contributed by atoms with E-state index in [0.29, 0.717) is 10.8 Å². The molecule has 0 amide bonds. The van der Waals surface area contributed by atoms with E-state index in [2.05, 4.69) is 20.8 Å². The molecule has 0 aromatic carbocycles. The zero-order chi connectivity index (χ0) is 14.4. The molecule has 1 unspecified atom stereocenters. The molecule has 19 heavy (non-hydrogen) atoms. The summed E-state index contributed by atoms with van der Waals surface area (Å²) in [6.07, 6.45) is 16.4. The minimum Gasteiger partial charge on any atom is -0.255 e. The van der Waals surface area contributed by atoms with Crippen molar-refractivity contribution in [2.75, 3.05) is 0 Å². The Kier molecular flexibility index (Phi) is 6.82. The second-order valence-electron chi connectivity index (χ2n) is 7.55. The Morgan fingerprint density at radius 2 is 1.16 bits per heavy atom. The van der Waals surface area contributed by atoms with Crippen LogP contribution in [0.25, 0.3) is 0 Å². The summed E-state index contributed by atoms with van der Waals surface area (Å²) < 4.78 is 0. The summed E-state index contributed by atoms with van der Waals surface area (Å²) in [5.41, 5.74) is 1.19. The van der Waals surface area contributed by atoms with Crippen LogP contribution in [-0.2, 0) is 0 Å². The first-order valence-electron chi connectivity index (χ1n) is 8.26. The molecule has 2 saturated carbocycles. The molecular weight excluding hydrogens is 236 g/mol. The van der Waals surface area contributed by atoms with Crippen LogP contribution >= 0.6 is 0 Å². The van der Waals surface area contributed by atoms with E-state index in [1.54, 1.807) is 0 Å². The third-order valence-corrected chi connectivity index (χ3v) is 6.30. The maximum Gasteiger partial charge on any atom is -0.0246 e. The van der Waals surface area contributed by atoms with Gasteiger partial charge >= 0.3 is 0 Å². The van der Waals surface area contributed by atoms with Gasteiger partial charge in [-0.3, -0.25) is 10.5 Å². The molecule has 0 bridgehead atoms. The maximum atomic E-state index is 6.00. The normalized spacial score (nSPS) is 32.7. The third kappa shape index (κ3) is 3.95. The quantitative estimate of drug-likeness (QED) is 0.350.